The first kappa shape index (κ1) is 15.3. The second kappa shape index (κ2) is 7.07. The number of oxazole rings is 1. The number of nitrogens with zero attached hydrogens (tertiary/aromatic N) is 2. The molecule has 0 aliphatic carbocycles. The van der Waals surface area contributed by atoms with Crippen molar-refractivity contribution in [2.24, 2.45) is 0 Å². The van der Waals surface area contributed by atoms with Crippen molar-refractivity contribution in [2.45, 2.75) is 39.5 Å². The van der Waals surface area contributed by atoms with E-state index < -0.39 is 0 Å². The monoisotopic (exact) mass is 286 g/mol. The molecule has 0 fully saturated rings. The Kier molecular flexibility index (Phi) is 5.14. The molecule has 1 aromatic carbocycles. The van der Waals surface area contributed by atoms with Crippen LogP contribution in [0.4, 0.5) is 6.01 Å². The summed E-state index contributed by atoms with van der Waals surface area (Å²) in [5, 5.41) is 0. The van der Waals surface area contributed by atoms with Gasteiger partial charge in [-0.2, -0.15) is 4.98 Å². The predicted molar refractivity (Wildman–Crippen MR) is 83.4 cm³/mol. The minimum Gasteiger partial charge on any atom is -0.431 e. The van der Waals surface area contributed by atoms with E-state index in [0.29, 0.717) is 12.6 Å². The van der Waals surface area contributed by atoms with Crippen LogP contribution < -0.4 is 4.90 Å². The van der Waals surface area contributed by atoms with Gasteiger partial charge in [0.15, 0.2) is 0 Å². The summed E-state index contributed by atoms with van der Waals surface area (Å²) in [6.45, 7) is 6.51. The molecule has 0 aliphatic rings. The maximum Gasteiger partial charge on any atom is 0.304 e. The highest BCUT2D eigenvalue weighted by Crippen LogP contribution is 2.22. The van der Waals surface area contributed by atoms with Crippen LogP contribution in [0.3, 0.4) is 0 Å². The van der Waals surface area contributed by atoms with Gasteiger partial charge in [0.2, 0.25) is 5.91 Å². The molecule has 1 heterocycles. The molecule has 4 heteroatoms. The summed E-state index contributed by atoms with van der Waals surface area (Å²) in [4.78, 5) is 18.7. The SMILES string of the molecule is CCCCN(C(=O)C(C)c1ccccc1)c1nc(C)co1. The Morgan fingerprint density at radius 1 is 1.33 bits per heavy atom. The van der Waals surface area contributed by atoms with Crippen LogP contribution in [-0.4, -0.2) is 17.4 Å². The van der Waals surface area contributed by atoms with Gasteiger partial charge in [0.05, 0.1) is 11.6 Å². The van der Waals surface area contributed by atoms with E-state index in [-0.39, 0.29) is 11.8 Å². The zero-order chi connectivity index (χ0) is 15.2. The van der Waals surface area contributed by atoms with Gasteiger partial charge in [0, 0.05) is 6.54 Å². The molecule has 4 nitrogen and oxygen atoms in total. The van der Waals surface area contributed by atoms with E-state index in [2.05, 4.69) is 11.9 Å². The molecule has 0 N–H and O–H groups in total. The number of aryl methyl sites for hydroxylation is 1. The van der Waals surface area contributed by atoms with E-state index in [1.165, 1.54) is 0 Å². The Bertz CT molecular complexity index is 577. The van der Waals surface area contributed by atoms with E-state index in [0.717, 1.165) is 24.1 Å². The van der Waals surface area contributed by atoms with Crippen molar-refractivity contribution >= 4 is 11.9 Å². The Morgan fingerprint density at radius 2 is 2.05 bits per heavy atom. The van der Waals surface area contributed by atoms with Gasteiger partial charge in [-0.25, -0.2) is 0 Å². The average molecular weight is 286 g/mol. The standard InChI is InChI=1S/C17H22N2O2/c1-4-5-11-19(17-18-13(2)12-21-17)16(20)14(3)15-9-7-6-8-10-15/h6-10,12,14H,4-5,11H2,1-3H3. The topological polar surface area (TPSA) is 46.3 Å². The molecular weight excluding hydrogens is 264 g/mol. The number of benzene rings is 1. The van der Waals surface area contributed by atoms with Gasteiger partial charge < -0.3 is 4.42 Å². The second-order valence-electron chi connectivity index (χ2n) is 5.25. The van der Waals surface area contributed by atoms with Crippen LogP contribution in [0.1, 0.15) is 43.9 Å². The lowest BCUT2D eigenvalue weighted by atomic mass is 10.00. The van der Waals surface area contributed by atoms with Crippen molar-refractivity contribution in [1.82, 2.24) is 4.98 Å². The first-order chi connectivity index (χ1) is 10.1. The third-order valence-electron chi connectivity index (χ3n) is 3.51. The number of hydrogen-bond acceptors (Lipinski definition) is 3. The van der Waals surface area contributed by atoms with Crippen LogP contribution in [0.15, 0.2) is 41.0 Å². The van der Waals surface area contributed by atoms with E-state index in [1.54, 1.807) is 11.2 Å². The normalized spacial score (nSPS) is 12.1. The summed E-state index contributed by atoms with van der Waals surface area (Å²) in [5.74, 6) is -0.188. The van der Waals surface area contributed by atoms with Gasteiger partial charge >= 0.3 is 6.01 Å². The van der Waals surface area contributed by atoms with Crippen molar-refractivity contribution < 1.29 is 9.21 Å². The van der Waals surface area contributed by atoms with E-state index in [4.69, 9.17) is 4.42 Å². The predicted octanol–water partition coefficient (Wildman–Crippen LogP) is 3.92. The summed E-state index contributed by atoms with van der Waals surface area (Å²) in [7, 11) is 0. The molecule has 21 heavy (non-hydrogen) atoms. The van der Waals surface area contributed by atoms with Crippen LogP contribution in [0.2, 0.25) is 0 Å². The summed E-state index contributed by atoms with van der Waals surface area (Å²) in [5.41, 5.74) is 1.79. The van der Waals surface area contributed by atoms with Crippen molar-refractivity contribution in [3.63, 3.8) is 0 Å². The summed E-state index contributed by atoms with van der Waals surface area (Å²) < 4.78 is 5.42. The van der Waals surface area contributed by atoms with E-state index in [9.17, 15) is 4.79 Å². The number of rotatable bonds is 6. The van der Waals surface area contributed by atoms with Crippen LogP contribution in [0.25, 0.3) is 0 Å². The maximum atomic E-state index is 12.8. The van der Waals surface area contributed by atoms with Gasteiger partial charge in [-0.15, -0.1) is 0 Å². The first-order valence-corrected chi connectivity index (χ1v) is 7.42. The van der Waals surface area contributed by atoms with Crippen LogP contribution in [0, 0.1) is 6.92 Å². The third kappa shape index (κ3) is 3.72. The average Bonchev–Trinajstić information content (AvgIpc) is 2.94. The molecule has 1 atom stereocenters. The fraction of sp³-hybridized carbons (Fsp3) is 0.412. The molecule has 0 saturated heterocycles. The minimum atomic E-state index is -0.213. The van der Waals surface area contributed by atoms with Crippen molar-refractivity contribution in [3.05, 3.63) is 47.9 Å². The molecule has 1 amide bonds. The number of unbranched alkanes of at least 4 members (excludes halogenated alkanes) is 1. The molecule has 0 radical (unpaired) electrons. The molecule has 0 aliphatic heterocycles. The lowest BCUT2D eigenvalue weighted by Gasteiger charge is -2.22. The van der Waals surface area contributed by atoms with Gasteiger partial charge in [0.25, 0.3) is 0 Å². The van der Waals surface area contributed by atoms with Gasteiger partial charge in [-0.1, -0.05) is 43.7 Å². The molecule has 1 aromatic heterocycles. The maximum absolute atomic E-state index is 12.8. The van der Waals surface area contributed by atoms with Gasteiger partial charge in [-0.3, -0.25) is 9.69 Å². The highest BCUT2D eigenvalue weighted by atomic mass is 16.4. The quantitative estimate of drug-likeness (QED) is 0.808. The molecule has 0 bridgehead atoms. The zero-order valence-electron chi connectivity index (χ0n) is 12.9. The second-order valence-corrected chi connectivity index (χ2v) is 5.25. The third-order valence-corrected chi connectivity index (χ3v) is 3.51. The fourth-order valence-electron chi connectivity index (χ4n) is 2.20. The Morgan fingerprint density at radius 3 is 2.62 bits per heavy atom. The first-order valence-electron chi connectivity index (χ1n) is 7.42. The number of aromatic nitrogens is 1. The van der Waals surface area contributed by atoms with Crippen LogP contribution >= 0.6 is 0 Å². The highest BCUT2D eigenvalue weighted by Gasteiger charge is 2.25. The number of amides is 1. The molecule has 112 valence electrons. The van der Waals surface area contributed by atoms with Gasteiger partial charge in [0.1, 0.15) is 6.26 Å². The smallest absolute Gasteiger partial charge is 0.304 e. The lowest BCUT2D eigenvalue weighted by Crippen LogP contribution is -2.35. The minimum absolute atomic E-state index is 0.0245. The Hall–Kier alpha value is -2.10. The number of anilines is 1. The van der Waals surface area contributed by atoms with Crippen molar-refractivity contribution in [1.29, 1.82) is 0 Å². The number of carbonyl (C=O) groups excluding carboxylic acids is 1. The molecule has 2 aromatic rings. The fourth-order valence-corrected chi connectivity index (χ4v) is 2.20. The van der Waals surface area contributed by atoms with E-state index >= 15 is 0 Å². The van der Waals surface area contributed by atoms with Crippen molar-refractivity contribution in [2.75, 3.05) is 11.4 Å². The van der Waals surface area contributed by atoms with E-state index in [1.807, 2.05) is 44.2 Å². The summed E-state index contributed by atoms with van der Waals surface area (Å²) in [6, 6.07) is 10.2. The molecule has 2 rings (SSSR count). The Labute approximate surface area is 125 Å². The molecule has 0 saturated carbocycles. The number of hydrogen-bond donors (Lipinski definition) is 0. The van der Waals surface area contributed by atoms with Gasteiger partial charge in [-0.05, 0) is 25.8 Å². The Balaban J connectivity index is 2.21. The largest absolute Gasteiger partial charge is 0.431 e. The number of carbonyl (C=O) groups is 1. The molecular formula is C17H22N2O2. The van der Waals surface area contributed by atoms with Crippen molar-refractivity contribution in [3.8, 4) is 0 Å². The van der Waals surface area contributed by atoms with Crippen LogP contribution in [0.5, 0.6) is 0 Å². The van der Waals surface area contributed by atoms with Crippen LogP contribution in [-0.2, 0) is 4.79 Å². The summed E-state index contributed by atoms with van der Waals surface area (Å²) in [6.07, 6.45) is 3.52. The lowest BCUT2D eigenvalue weighted by molar-refractivity contribution is -0.119. The molecule has 1 unspecified atom stereocenters. The zero-order valence-corrected chi connectivity index (χ0v) is 12.9. The summed E-state index contributed by atoms with van der Waals surface area (Å²) >= 11 is 0. The molecule has 0 spiro atoms. The highest BCUT2D eigenvalue weighted by molar-refractivity contribution is 5.96.